The number of thiophene rings is 1. The molecule has 4 nitrogen and oxygen atoms in total. The van der Waals surface area contributed by atoms with Crippen molar-refractivity contribution in [1.82, 2.24) is 4.57 Å². The van der Waals surface area contributed by atoms with Crippen LogP contribution in [0.15, 0.2) is 60.8 Å². The average molecular weight is 367 g/mol. The van der Waals surface area contributed by atoms with Gasteiger partial charge in [0, 0.05) is 44.2 Å². The number of aromatic nitrogens is 1. The van der Waals surface area contributed by atoms with Crippen molar-refractivity contribution >= 4 is 42.6 Å². The summed E-state index contributed by atoms with van der Waals surface area (Å²) in [5, 5.41) is 10.8. The van der Waals surface area contributed by atoms with Crippen molar-refractivity contribution in [3.8, 4) is 11.1 Å². The topological polar surface area (TPSA) is 68.9 Å². The van der Waals surface area contributed by atoms with Crippen LogP contribution in [0, 0.1) is 5.41 Å². The van der Waals surface area contributed by atoms with E-state index in [2.05, 4.69) is 24.3 Å². The Bertz CT molecular complexity index is 1160. The van der Waals surface area contributed by atoms with Gasteiger partial charge in [0.1, 0.15) is 5.49 Å². The van der Waals surface area contributed by atoms with Gasteiger partial charge >= 0.3 is 0 Å². The van der Waals surface area contributed by atoms with Gasteiger partial charge in [-0.15, -0.1) is 11.3 Å². The Morgan fingerprint density at radius 3 is 2.68 bits per heavy atom. The standard InChI is InChI=1S/C19H16N2O2S2/c20-19-14(5-3-9-21(19)10-11-25(22)23)13-7-8-18-16(12-13)15-4-1-2-6-17(15)24-18/h1-9,12,20H,10-11H2,(H,22,23)/p-1. The third-order valence-electron chi connectivity index (χ3n) is 4.26. The summed E-state index contributed by atoms with van der Waals surface area (Å²) >= 11 is -0.344. The zero-order chi connectivity index (χ0) is 17.4. The van der Waals surface area contributed by atoms with Crippen LogP contribution in [0.3, 0.4) is 0 Å². The van der Waals surface area contributed by atoms with Crippen LogP contribution >= 0.6 is 11.3 Å². The normalized spacial score (nSPS) is 12.7. The van der Waals surface area contributed by atoms with Crippen LogP contribution < -0.4 is 5.49 Å². The second-order valence-corrected chi connectivity index (χ2v) is 7.88. The van der Waals surface area contributed by atoms with Crippen molar-refractivity contribution in [2.45, 2.75) is 6.54 Å². The monoisotopic (exact) mass is 367 g/mol. The van der Waals surface area contributed by atoms with Gasteiger partial charge in [-0.3, -0.25) is 9.62 Å². The van der Waals surface area contributed by atoms with Crippen LogP contribution in [0.1, 0.15) is 0 Å². The van der Waals surface area contributed by atoms with Gasteiger partial charge in [0.25, 0.3) is 0 Å². The highest BCUT2D eigenvalue weighted by atomic mass is 32.2. The number of nitrogens with zero attached hydrogens (tertiary/aromatic N) is 1. The van der Waals surface area contributed by atoms with Crippen LogP contribution in [0.2, 0.25) is 0 Å². The second kappa shape index (κ2) is 6.55. The van der Waals surface area contributed by atoms with Crippen LogP contribution in [0.5, 0.6) is 0 Å². The average Bonchev–Trinajstić information content (AvgIpc) is 2.98. The third kappa shape index (κ3) is 3.04. The van der Waals surface area contributed by atoms with Crippen molar-refractivity contribution in [3.63, 3.8) is 0 Å². The number of hydrogen-bond donors (Lipinski definition) is 1. The lowest BCUT2D eigenvalue weighted by molar-refractivity contribution is 0.530. The maximum atomic E-state index is 10.8. The van der Waals surface area contributed by atoms with Crippen LogP contribution in [-0.2, 0) is 17.6 Å². The number of benzene rings is 2. The highest BCUT2D eigenvalue weighted by Gasteiger charge is 2.08. The van der Waals surface area contributed by atoms with Gasteiger partial charge in [0.15, 0.2) is 0 Å². The van der Waals surface area contributed by atoms with Gasteiger partial charge in [0.05, 0.1) is 0 Å². The predicted octanol–water partition coefficient (Wildman–Crippen LogP) is 3.88. The van der Waals surface area contributed by atoms with Gasteiger partial charge in [-0.2, -0.15) is 0 Å². The van der Waals surface area contributed by atoms with E-state index in [0.29, 0.717) is 5.49 Å². The smallest absolute Gasteiger partial charge is 0.132 e. The molecular formula is C19H15N2O2S2-. The molecule has 4 rings (SSSR count). The molecule has 2 heterocycles. The molecule has 0 radical (unpaired) electrons. The molecule has 6 heteroatoms. The fourth-order valence-corrected chi connectivity index (χ4v) is 4.47. The summed E-state index contributed by atoms with van der Waals surface area (Å²) in [7, 11) is 0. The molecule has 25 heavy (non-hydrogen) atoms. The zero-order valence-corrected chi connectivity index (χ0v) is 14.9. The Kier molecular flexibility index (Phi) is 4.25. The van der Waals surface area contributed by atoms with Crippen LogP contribution in [-0.4, -0.2) is 19.1 Å². The van der Waals surface area contributed by atoms with E-state index < -0.39 is 11.1 Å². The number of nitrogens with one attached hydrogen (secondary N) is 1. The van der Waals surface area contributed by atoms with E-state index in [1.54, 1.807) is 22.1 Å². The fraction of sp³-hybridized carbons (Fsp3) is 0.105. The summed E-state index contributed by atoms with van der Waals surface area (Å²) < 4.78 is 25.8. The minimum atomic E-state index is -2.11. The fourth-order valence-electron chi connectivity index (χ4n) is 3.04. The quantitative estimate of drug-likeness (QED) is 0.556. The molecule has 0 aliphatic carbocycles. The molecular weight excluding hydrogens is 352 g/mol. The van der Waals surface area contributed by atoms with Gasteiger partial charge < -0.3 is 9.12 Å². The summed E-state index contributed by atoms with van der Waals surface area (Å²) in [4.78, 5) is 0. The zero-order valence-electron chi connectivity index (χ0n) is 13.3. The summed E-state index contributed by atoms with van der Waals surface area (Å²) in [5.74, 6) is 0.00814. The minimum Gasteiger partial charge on any atom is -0.772 e. The number of hydrogen-bond acceptors (Lipinski definition) is 4. The molecule has 1 unspecified atom stereocenters. The molecule has 0 bridgehead atoms. The lowest BCUT2D eigenvalue weighted by Gasteiger charge is -2.11. The van der Waals surface area contributed by atoms with Crippen molar-refractivity contribution in [3.05, 3.63) is 66.3 Å². The SMILES string of the molecule is N=c1c(-c2ccc3sc4ccccc4c3c2)cccn1CCS(=O)[O-]. The van der Waals surface area contributed by atoms with Gasteiger partial charge in [-0.25, -0.2) is 0 Å². The molecule has 0 amide bonds. The van der Waals surface area contributed by atoms with Crippen molar-refractivity contribution in [2.24, 2.45) is 0 Å². The predicted molar refractivity (Wildman–Crippen MR) is 102 cm³/mol. The van der Waals surface area contributed by atoms with E-state index in [1.807, 2.05) is 30.3 Å². The van der Waals surface area contributed by atoms with E-state index in [9.17, 15) is 8.76 Å². The summed E-state index contributed by atoms with van der Waals surface area (Å²) in [6.07, 6.45) is 1.75. The van der Waals surface area contributed by atoms with Gasteiger partial charge in [0.2, 0.25) is 0 Å². The molecule has 1 atom stereocenters. The molecule has 2 aromatic carbocycles. The maximum Gasteiger partial charge on any atom is 0.132 e. The summed E-state index contributed by atoms with van der Waals surface area (Å²) in [5.41, 5.74) is 2.10. The number of pyridine rings is 1. The Labute approximate surface area is 151 Å². The lowest BCUT2D eigenvalue weighted by Crippen LogP contribution is -2.23. The molecule has 0 spiro atoms. The van der Waals surface area contributed by atoms with Crippen LogP contribution in [0.4, 0.5) is 0 Å². The Morgan fingerprint density at radius 1 is 1.04 bits per heavy atom. The first-order chi connectivity index (χ1) is 12.1. The molecule has 0 fully saturated rings. The largest absolute Gasteiger partial charge is 0.772 e. The summed E-state index contributed by atoms with van der Waals surface area (Å²) in [6.45, 7) is 0.284. The highest BCUT2D eigenvalue weighted by molar-refractivity contribution is 7.79. The summed E-state index contributed by atoms with van der Waals surface area (Å²) in [6, 6.07) is 18.3. The molecule has 0 saturated carbocycles. The molecule has 4 aromatic rings. The number of fused-ring (bicyclic) bond motifs is 3. The molecule has 0 aliphatic rings. The Morgan fingerprint density at radius 2 is 1.84 bits per heavy atom. The Hall–Kier alpha value is -2.28. The number of aryl methyl sites for hydroxylation is 1. The van der Waals surface area contributed by atoms with E-state index in [0.717, 1.165) is 11.1 Å². The first-order valence-corrected chi connectivity index (χ1v) is 9.91. The third-order valence-corrected chi connectivity index (χ3v) is 5.93. The van der Waals surface area contributed by atoms with E-state index in [1.165, 1.54) is 20.2 Å². The van der Waals surface area contributed by atoms with E-state index in [-0.39, 0.29) is 12.3 Å². The molecule has 0 aliphatic heterocycles. The molecule has 0 saturated heterocycles. The maximum absolute atomic E-state index is 10.8. The molecule has 126 valence electrons. The second-order valence-electron chi connectivity index (χ2n) is 5.78. The first kappa shape index (κ1) is 16.2. The van der Waals surface area contributed by atoms with Gasteiger partial charge in [-0.05, 0) is 35.9 Å². The first-order valence-electron chi connectivity index (χ1n) is 7.85. The van der Waals surface area contributed by atoms with Crippen molar-refractivity contribution in [2.75, 3.05) is 5.75 Å². The highest BCUT2D eigenvalue weighted by Crippen LogP contribution is 2.35. The van der Waals surface area contributed by atoms with Gasteiger partial charge in [-0.1, -0.05) is 35.3 Å². The molecule has 2 aromatic heterocycles. The lowest BCUT2D eigenvalue weighted by atomic mass is 10.0. The van der Waals surface area contributed by atoms with Crippen molar-refractivity contribution < 1.29 is 8.76 Å². The van der Waals surface area contributed by atoms with Crippen molar-refractivity contribution in [1.29, 1.82) is 5.41 Å². The minimum absolute atomic E-state index is 0.00814. The van der Waals surface area contributed by atoms with E-state index >= 15 is 0 Å². The Balaban J connectivity index is 1.84. The molecule has 1 N–H and O–H groups in total. The van der Waals surface area contributed by atoms with E-state index in [4.69, 9.17) is 5.41 Å². The number of rotatable bonds is 4. The van der Waals surface area contributed by atoms with Crippen LogP contribution in [0.25, 0.3) is 31.3 Å².